The van der Waals surface area contributed by atoms with Crippen LogP contribution >= 0.6 is 0 Å². The van der Waals surface area contributed by atoms with E-state index in [1.165, 1.54) is 7.11 Å². The molecule has 0 radical (unpaired) electrons. The van der Waals surface area contributed by atoms with E-state index in [0.717, 1.165) is 25.1 Å². The Bertz CT molecular complexity index is 576. The van der Waals surface area contributed by atoms with E-state index in [1.807, 2.05) is 12.1 Å². The summed E-state index contributed by atoms with van der Waals surface area (Å²) in [5.41, 5.74) is 0.784. The second-order valence-corrected chi connectivity index (χ2v) is 4.81. The molecule has 1 unspecified atom stereocenters. The summed E-state index contributed by atoms with van der Waals surface area (Å²) < 4.78 is 15.3. The van der Waals surface area contributed by atoms with Gasteiger partial charge in [-0.15, -0.1) is 0 Å². The summed E-state index contributed by atoms with van der Waals surface area (Å²) in [6.45, 7) is 1.44. The highest BCUT2D eigenvalue weighted by Crippen LogP contribution is 2.24. The molecular formula is C14H16N2O4. The first kappa shape index (κ1) is 12.9. The van der Waals surface area contributed by atoms with Crippen molar-refractivity contribution in [2.75, 3.05) is 13.7 Å². The molecule has 0 amide bonds. The molecule has 0 N–H and O–H groups in total. The first-order valence-electron chi connectivity index (χ1n) is 6.59. The van der Waals surface area contributed by atoms with Crippen molar-refractivity contribution in [3.63, 3.8) is 0 Å². The number of hydrogen-bond acceptors (Lipinski definition) is 6. The van der Waals surface area contributed by atoms with Gasteiger partial charge in [-0.2, -0.15) is 0 Å². The zero-order valence-electron chi connectivity index (χ0n) is 11.2. The summed E-state index contributed by atoms with van der Waals surface area (Å²) in [6.07, 6.45) is 3.41. The van der Waals surface area contributed by atoms with Crippen molar-refractivity contribution in [3.8, 4) is 11.5 Å². The zero-order chi connectivity index (χ0) is 13.9. The van der Waals surface area contributed by atoms with Crippen LogP contribution in [-0.2, 0) is 16.1 Å². The van der Waals surface area contributed by atoms with Gasteiger partial charge in [0.05, 0.1) is 19.1 Å². The number of rotatable bonds is 4. The van der Waals surface area contributed by atoms with Gasteiger partial charge in [0.15, 0.2) is 5.76 Å². The predicted molar refractivity (Wildman–Crippen MR) is 69.7 cm³/mol. The molecule has 0 aliphatic carbocycles. The number of furan rings is 1. The molecular weight excluding hydrogens is 260 g/mol. The molecule has 3 rings (SSSR count). The Morgan fingerprint density at radius 1 is 1.55 bits per heavy atom. The highest BCUT2D eigenvalue weighted by Gasteiger charge is 2.32. The van der Waals surface area contributed by atoms with E-state index >= 15 is 0 Å². The number of aromatic nitrogens is 1. The second-order valence-electron chi connectivity index (χ2n) is 4.81. The molecule has 6 heteroatoms. The van der Waals surface area contributed by atoms with Crippen LogP contribution in [0.4, 0.5) is 0 Å². The van der Waals surface area contributed by atoms with Crippen molar-refractivity contribution < 1.29 is 18.5 Å². The Labute approximate surface area is 116 Å². The Balaban J connectivity index is 1.70. The maximum Gasteiger partial charge on any atom is 0.323 e. The number of methoxy groups -OCH3 is 1. The van der Waals surface area contributed by atoms with E-state index in [0.29, 0.717) is 18.1 Å². The topological polar surface area (TPSA) is 68.7 Å². The molecule has 6 nitrogen and oxygen atoms in total. The molecule has 1 fully saturated rings. The van der Waals surface area contributed by atoms with Gasteiger partial charge in [0, 0.05) is 12.6 Å². The van der Waals surface area contributed by atoms with Crippen molar-refractivity contribution in [1.29, 1.82) is 0 Å². The number of carbonyl (C=O) groups excluding carboxylic acids is 1. The van der Waals surface area contributed by atoms with Crippen LogP contribution in [0.1, 0.15) is 18.5 Å². The number of ether oxygens (including phenoxy) is 1. The maximum atomic E-state index is 11.7. The number of carbonyl (C=O) groups is 1. The largest absolute Gasteiger partial charge is 0.468 e. The van der Waals surface area contributed by atoms with Crippen molar-refractivity contribution in [1.82, 2.24) is 10.1 Å². The van der Waals surface area contributed by atoms with Crippen molar-refractivity contribution in [2.24, 2.45) is 0 Å². The van der Waals surface area contributed by atoms with Gasteiger partial charge in [-0.25, -0.2) is 0 Å². The Morgan fingerprint density at radius 3 is 3.20 bits per heavy atom. The standard InChI is InChI=1S/C14H16N2O4/c1-18-14(17)11-4-2-6-16(11)9-10-8-13(20-15-10)12-5-3-7-19-12/h3,5,7-8,11H,2,4,6,9H2,1H3. The Morgan fingerprint density at radius 2 is 2.45 bits per heavy atom. The van der Waals surface area contributed by atoms with Crippen LogP contribution in [0, 0.1) is 0 Å². The Kier molecular flexibility index (Phi) is 3.56. The van der Waals surface area contributed by atoms with Crippen LogP contribution in [0.3, 0.4) is 0 Å². The smallest absolute Gasteiger partial charge is 0.323 e. The first-order chi connectivity index (χ1) is 9.78. The predicted octanol–water partition coefficient (Wildman–Crippen LogP) is 2.07. The molecule has 1 atom stereocenters. The molecule has 0 bridgehead atoms. The van der Waals surface area contributed by atoms with Crippen LogP contribution in [0.2, 0.25) is 0 Å². The molecule has 1 saturated heterocycles. The molecule has 1 aliphatic heterocycles. The summed E-state index contributed by atoms with van der Waals surface area (Å²) >= 11 is 0. The fraction of sp³-hybridized carbons (Fsp3) is 0.429. The van der Waals surface area contributed by atoms with E-state index in [1.54, 1.807) is 12.3 Å². The van der Waals surface area contributed by atoms with Crippen LogP contribution in [-0.4, -0.2) is 35.7 Å². The molecule has 2 aromatic rings. The van der Waals surface area contributed by atoms with Crippen LogP contribution < -0.4 is 0 Å². The first-order valence-corrected chi connectivity index (χ1v) is 6.59. The van der Waals surface area contributed by atoms with Crippen LogP contribution in [0.25, 0.3) is 11.5 Å². The van der Waals surface area contributed by atoms with E-state index in [4.69, 9.17) is 13.7 Å². The molecule has 0 saturated carbocycles. The van der Waals surface area contributed by atoms with Gasteiger partial charge in [-0.05, 0) is 31.5 Å². The molecule has 106 valence electrons. The summed E-state index contributed by atoms with van der Waals surface area (Å²) in [5, 5.41) is 4.03. The van der Waals surface area contributed by atoms with Gasteiger partial charge in [-0.3, -0.25) is 9.69 Å². The minimum Gasteiger partial charge on any atom is -0.468 e. The van der Waals surface area contributed by atoms with Crippen molar-refractivity contribution in [2.45, 2.75) is 25.4 Å². The zero-order valence-corrected chi connectivity index (χ0v) is 11.2. The quantitative estimate of drug-likeness (QED) is 0.796. The summed E-state index contributed by atoms with van der Waals surface area (Å²) in [6, 6.07) is 5.28. The minimum atomic E-state index is -0.183. The van der Waals surface area contributed by atoms with Gasteiger partial charge in [0.1, 0.15) is 6.04 Å². The Hall–Kier alpha value is -2.08. The van der Waals surface area contributed by atoms with Crippen molar-refractivity contribution in [3.05, 3.63) is 30.2 Å². The third kappa shape index (κ3) is 2.46. The van der Waals surface area contributed by atoms with Crippen molar-refractivity contribution >= 4 is 5.97 Å². The average Bonchev–Trinajstić information content (AvgIpc) is 3.19. The minimum absolute atomic E-state index is 0.177. The number of hydrogen-bond donors (Lipinski definition) is 0. The average molecular weight is 276 g/mol. The molecule has 0 spiro atoms. The lowest BCUT2D eigenvalue weighted by atomic mass is 10.2. The van der Waals surface area contributed by atoms with E-state index in [2.05, 4.69) is 10.1 Å². The summed E-state index contributed by atoms with van der Waals surface area (Å²) in [4.78, 5) is 13.7. The van der Waals surface area contributed by atoms with Gasteiger partial charge in [-0.1, -0.05) is 5.16 Å². The monoisotopic (exact) mass is 276 g/mol. The lowest BCUT2D eigenvalue weighted by Crippen LogP contribution is -2.36. The fourth-order valence-electron chi connectivity index (χ4n) is 2.55. The third-order valence-corrected chi connectivity index (χ3v) is 3.52. The van der Waals surface area contributed by atoms with E-state index < -0.39 is 0 Å². The van der Waals surface area contributed by atoms with Gasteiger partial charge in [0.25, 0.3) is 0 Å². The summed E-state index contributed by atoms with van der Waals surface area (Å²) in [7, 11) is 1.42. The second kappa shape index (κ2) is 5.50. The van der Waals surface area contributed by atoms with Gasteiger partial charge >= 0.3 is 5.97 Å². The number of esters is 1. The fourth-order valence-corrected chi connectivity index (χ4v) is 2.55. The van der Waals surface area contributed by atoms with Gasteiger partial charge < -0.3 is 13.7 Å². The van der Waals surface area contributed by atoms with E-state index in [9.17, 15) is 4.79 Å². The highest BCUT2D eigenvalue weighted by molar-refractivity contribution is 5.75. The molecule has 1 aliphatic rings. The number of likely N-dealkylation sites (tertiary alicyclic amines) is 1. The lowest BCUT2D eigenvalue weighted by molar-refractivity contribution is -0.146. The lowest BCUT2D eigenvalue weighted by Gasteiger charge is -2.20. The molecule has 0 aromatic carbocycles. The third-order valence-electron chi connectivity index (χ3n) is 3.52. The van der Waals surface area contributed by atoms with Crippen LogP contribution in [0.5, 0.6) is 0 Å². The van der Waals surface area contributed by atoms with Crippen LogP contribution in [0.15, 0.2) is 33.4 Å². The normalized spacial score (nSPS) is 19.4. The summed E-state index contributed by atoms with van der Waals surface area (Å²) in [5.74, 6) is 1.06. The maximum absolute atomic E-state index is 11.7. The number of nitrogens with zero attached hydrogens (tertiary/aromatic N) is 2. The highest BCUT2D eigenvalue weighted by atomic mass is 16.5. The van der Waals surface area contributed by atoms with E-state index in [-0.39, 0.29) is 12.0 Å². The SMILES string of the molecule is COC(=O)C1CCCN1Cc1cc(-c2ccco2)on1. The molecule has 2 aromatic heterocycles. The van der Waals surface area contributed by atoms with Gasteiger partial charge in [0.2, 0.25) is 5.76 Å². The molecule has 3 heterocycles. The molecule has 20 heavy (non-hydrogen) atoms.